The molecular weight excluding hydrogens is 190 g/mol. The van der Waals surface area contributed by atoms with Gasteiger partial charge in [0.1, 0.15) is 10.7 Å². The zero-order valence-corrected chi connectivity index (χ0v) is 6.52. The average Bonchev–Trinajstić information content (AvgIpc) is 2.00. The van der Waals surface area contributed by atoms with Gasteiger partial charge in [0.15, 0.2) is 5.75 Å². The van der Waals surface area contributed by atoms with Crippen LogP contribution in [0.5, 0.6) is 5.75 Å². The predicted octanol–water partition coefficient (Wildman–Crippen LogP) is 1.96. The Morgan fingerprint density at radius 1 is 1.58 bits per heavy atom. The van der Waals surface area contributed by atoms with Crippen LogP contribution in [0.1, 0.15) is 12.1 Å². The van der Waals surface area contributed by atoms with Gasteiger partial charge in [-0.1, -0.05) is 11.6 Å². The smallest absolute Gasteiger partial charge is 0.284 e. The van der Waals surface area contributed by atoms with Crippen LogP contribution in [0.4, 0.5) is 14.5 Å². The fraction of sp³-hybridized carbons (Fsp3) is 0.167. The van der Waals surface area contributed by atoms with Gasteiger partial charge in [-0.15, -0.1) is 0 Å². The first kappa shape index (κ1) is 8.99. The third kappa shape index (κ3) is 1.40. The normalized spacial score (nSPS) is 10.7. The molecule has 3 nitrogen and oxygen atoms in total. The van der Waals surface area contributed by atoms with Crippen molar-refractivity contribution in [2.45, 2.75) is 6.43 Å². The number of rotatable bonds is 1. The molecule has 0 aliphatic rings. The second-order valence-electron chi connectivity index (χ2n) is 2.06. The number of halogens is 3. The molecule has 0 aromatic carbocycles. The van der Waals surface area contributed by atoms with E-state index in [1.165, 1.54) is 0 Å². The number of hydrogen-bond acceptors (Lipinski definition) is 3. The highest BCUT2D eigenvalue weighted by Gasteiger charge is 2.18. The summed E-state index contributed by atoms with van der Waals surface area (Å²) in [5, 5.41) is 8.70. The topological polar surface area (TPSA) is 59.1 Å². The molecule has 6 heteroatoms. The van der Waals surface area contributed by atoms with Crippen LogP contribution in [0, 0.1) is 0 Å². The Bertz CT molecular complexity index is 306. The van der Waals surface area contributed by atoms with Gasteiger partial charge < -0.3 is 10.8 Å². The Hall–Kier alpha value is -1.10. The molecule has 12 heavy (non-hydrogen) atoms. The van der Waals surface area contributed by atoms with Gasteiger partial charge in [-0.05, 0) is 0 Å². The summed E-state index contributed by atoms with van der Waals surface area (Å²) in [5.41, 5.74) is 4.41. The van der Waals surface area contributed by atoms with Gasteiger partial charge in [-0.2, -0.15) is 0 Å². The molecule has 0 atom stereocenters. The Kier molecular flexibility index (Phi) is 2.32. The lowest BCUT2D eigenvalue weighted by Crippen LogP contribution is -1.95. The maximum absolute atomic E-state index is 12.0. The van der Waals surface area contributed by atoms with Crippen LogP contribution in [-0.4, -0.2) is 10.1 Å². The summed E-state index contributed by atoms with van der Waals surface area (Å²) >= 11 is 5.38. The highest BCUT2D eigenvalue weighted by Crippen LogP contribution is 2.35. The molecule has 0 unspecified atom stereocenters. The molecule has 0 saturated carbocycles. The SMILES string of the molecule is Nc1cnc(C(F)F)c(O)c1Cl. The van der Waals surface area contributed by atoms with Gasteiger partial charge in [0.05, 0.1) is 11.9 Å². The lowest BCUT2D eigenvalue weighted by Gasteiger charge is -2.05. The minimum absolute atomic E-state index is 0.0291. The van der Waals surface area contributed by atoms with Crippen molar-refractivity contribution < 1.29 is 13.9 Å². The van der Waals surface area contributed by atoms with E-state index in [0.29, 0.717) is 0 Å². The molecule has 1 rings (SSSR count). The predicted molar refractivity (Wildman–Crippen MR) is 40.3 cm³/mol. The van der Waals surface area contributed by atoms with Crippen molar-refractivity contribution in [3.05, 3.63) is 16.9 Å². The molecule has 0 aliphatic carbocycles. The summed E-state index contributed by atoms with van der Waals surface area (Å²) in [4.78, 5) is 3.23. The summed E-state index contributed by atoms with van der Waals surface area (Å²) in [7, 11) is 0. The first-order valence-electron chi connectivity index (χ1n) is 2.95. The molecule has 0 radical (unpaired) electrons. The van der Waals surface area contributed by atoms with Crippen LogP contribution in [0.2, 0.25) is 5.02 Å². The summed E-state index contributed by atoms with van der Waals surface area (Å²) in [5.74, 6) is -0.758. The second-order valence-corrected chi connectivity index (χ2v) is 2.44. The van der Waals surface area contributed by atoms with Crippen LogP contribution >= 0.6 is 11.6 Å². The summed E-state index contributed by atoms with van der Waals surface area (Å²) in [6, 6.07) is 0. The monoisotopic (exact) mass is 194 g/mol. The fourth-order valence-corrected chi connectivity index (χ4v) is 0.811. The van der Waals surface area contributed by atoms with Crippen LogP contribution in [-0.2, 0) is 0 Å². The molecule has 0 bridgehead atoms. The Balaban J connectivity index is 3.27. The van der Waals surface area contributed by atoms with Gasteiger partial charge >= 0.3 is 0 Å². The van der Waals surface area contributed by atoms with E-state index >= 15 is 0 Å². The van der Waals surface area contributed by atoms with Crippen molar-refractivity contribution in [3.8, 4) is 5.75 Å². The van der Waals surface area contributed by atoms with Gasteiger partial charge in [0.2, 0.25) is 0 Å². The number of aromatic hydroxyl groups is 1. The lowest BCUT2D eigenvalue weighted by molar-refractivity contribution is 0.142. The molecule has 0 amide bonds. The number of alkyl halides is 2. The Morgan fingerprint density at radius 3 is 2.67 bits per heavy atom. The van der Waals surface area contributed by atoms with Gasteiger partial charge in [-0.3, -0.25) is 0 Å². The summed E-state index contributed by atoms with van der Waals surface area (Å²) < 4.78 is 24.0. The summed E-state index contributed by atoms with van der Waals surface area (Å²) in [6.07, 6.45) is -1.88. The molecule has 1 aromatic heterocycles. The highest BCUT2D eigenvalue weighted by molar-refractivity contribution is 6.34. The van der Waals surface area contributed by atoms with Crippen molar-refractivity contribution in [1.29, 1.82) is 0 Å². The van der Waals surface area contributed by atoms with Gasteiger partial charge in [0.25, 0.3) is 6.43 Å². The number of nitrogens with two attached hydrogens (primary N) is 1. The first-order chi connectivity index (χ1) is 5.54. The number of nitrogen functional groups attached to an aromatic ring is 1. The minimum Gasteiger partial charge on any atom is -0.504 e. The minimum atomic E-state index is -2.86. The largest absolute Gasteiger partial charge is 0.504 e. The van der Waals surface area contributed by atoms with Crippen molar-refractivity contribution in [1.82, 2.24) is 4.98 Å². The van der Waals surface area contributed by atoms with Crippen molar-refractivity contribution in [2.24, 2.45) is 0 Å². The average molecular weight is 195 g/mol. The van der Waals surface area contributed by atoms with Crippen LogP contribution in [0.15, 0.2) is 6.20 Å². The Labute approximate surface area is 71.8 Å². The van der Waals surface area contributed by atoms with Gasteiger partial charge in [0, 0.05) is 0 Å². The van der Waals surface area contributed by atoms with E-state index < -0.39 is 17.9 Å². The van der Waals surface area contributed by atoms with Crippen LogP contribution < -0.4 is 5.73 Å². The molecule has 1 aromatic rings. The number of nitrogens with zero attached hydrogens (tertiary/aromatic N) is 1. The Morgan fingerprint density at radius 2 is 2.17 bits per heavy atom. The van der Waals surface area contributed by atoms with E-state index in [2.05, 4.69) is 4.98 Å². The molecule has 1 heterocycles. The molecule has 0 fully saturated rings. The number of aromatic nitrogens is 1. The zero-order valence-electron chi connectivity index (χ0n) is 5.76. The number of anilines is 1. The summed E-state index contributed by atoms with van der Waals surface area (Å²) in [6.45, 7) is 0. The standard InChI is InChI=1S/C6H5ClF2N2O/c7-3-2(10)1-11-4(5(3)12)6(8)9/h1,6,12H,10H2. The van der Waals surface area contributed by atoms with E-state index in [1.807, 2.05) is 0 Å². The number of hydrogen-bond donors (Lipinski definition) is 2. The second kappa shape index (κ2) is 3.10. The van der Waals surface area contributed by atoms with E-state index in [1.54, 1.807) is 0 Å². The highest BCUT2D eigenvalue weighted by atomic mass is 35.5. The molecule has 0 aliphatic heterocycles. The van der Waals surface area contributed by atoms with E-state index in [0.717, 1.165) is 6.20 Å². The molecule has 0 spiro atoms. The van der Waals surface area contributed by atoms with E-state index in [9.17, 15) is 8.78 Å². The van der Waals surface area contributed by atoms with E-state index in [-0.39, 0.29) is 10.7 Å². The molecule has 3 N–H and O–H groups in total. The lowest BCUT2D eigenvalue weighted by atomic mass is 10.3. The van der Waals surface area contributed by atoms with Gasteiger partial charge in [-0.25, -0.2) is 13.8 Å². The van der Waals surface area contributed by atoms with Crippen LogP contribution in [0.3, 0.4) is 0 Å². The zero-order chi connectivity index (χ0) is 9.30. The van der Waals surface area contributed by atoms with Crippen molar-refractivity contribution >= 4 is 17.3 Å². The van der Waals surface area contributed by atoms with E-state index in [4.69, 9.17) is 22.4 Å². The third-order valence-electron chi connectivity index (χ3n) is 1.25. The quantitative estimate of drug-likeness (QED) is 0.719. The third-order valence-corrected chi connectivity index (χ3v) is 1.65. The van der Waals surface area contributed by atoms with Crippen molar-refractivity contribution in [2.75, 3.05) is 5.73 Å². The molecule has 0 saturated heterocycles. The maximum Gasteiger partial charge on any atom is 0.284 e. The maximum atomic E-state index is 12.0. The first-order valence-corrected chi connectivity index (χ1v) is 3.32. The number of pyridine rings is 1. The van der Waals surface area contributed by atoms with Crippen molar-refractivity contribution in [3.63, 3.8) is 0 Å². The molecular formula is C6H5ClF2N2O. The van der Waals surface area contributed by atoms with Crippen LogP contribution in [0.25, 0.3) is 0 Å². The fourth-order valence-electron chi connectivity index (χ4n) is 0.666. The molecule has 66 valence electrons.